The Labute approximate surface area is 203 Å². The molecule has 3 rings (SSSR count). The Bertz CT molecular complexity index is 959. The maximum atomic E-state index is 11.1. The molecule has 5 nitrogen and oxygen atoms in total. The summed E-state index contributed by atoms with van der Waals surface area (Å²) in [6, 6.07) is 16.5. The number of fused-ring (bicyclic) bond motifs is 1. The number of aliphatic carboxylic acids is 1. The Balaban J connectivity index is 1.46. The van der Waals surface area contributed by atoms with Crippen molar-refractivity contribution in [3.05, 3.63) is 76.9 Å². The number of hydrogen-bond donors (Lipinski definition) is 3. The van der Waals surface area contributed by atoms with Crippen molar-refractivity contribution in [2.45, 2.75) is 64.7 Å². The second-order valence-electron chi connectivity index (χ2n) is 10.3. The highest BCUT2D eigenvalue weighted by Gasteiger charge is 2.28. The predicted molar refractivity (Wildman–Crippen MR) is 137 cm³/mol. The number of rotatable bonds is 12. The molecule has 2 aromatic rings. The average Bonchev–Trinajstić information content (AvgIpc) is 3.21. The van der Waals surface area contributed by atoms with Crippen LogP contribution in [-0.2, 0) is 22.4 Å². The molecule has 0 saturated carbocycles. The molecule has 184 valence electrons. The summed E-state index contributed by atoms with van der Waals surface area (Å²) in [5, 5.41) is 23.2. The minimum Gasteiger partial charge on any atom is -0.481 e. The average molecular weight is 466 g/mol. The summed E-state index contributed by atoms with van der Waals surface area (Å²) in [6.45, 7) is 8.70. The predicted octanol–water partition coefficient (Wildman–Crippen LogP) is 5.03. The normalized spacial score (nSPS) is 17.0. The fourth-order valence-corrected chi connectivity index (χ4v) is 4.75. The van der Waals surface area contributed by atoms with E-state index in [4.69, 9.17) is 9.84 Å². The van der Waals surface area contributed by atoms with Gasteiger partial charge in [-0.3, -0.25) is 4.79 Å². The van der Waals surface area contributed by atoms with Gasteiger partial charge >= 0.3 is 5.97 Å². The van der Waals surface area contributed by atoms with E-state index in [9.17, 15) is 9.90 Å². The number of ether oxygens (including phenoxy) is 1. The maximum absolute atomic E-state index is 11.1. The van der Waals surface area contributed by atoms with Crippen LogP contribution >= 0.6 is 0 Å². The number of carboxylic acids is 1. The lowest BCUT2D eigenvalue weighted by Gasteiger charge is -2.31. The fourth-order valence-electron chi connectivity index (χ4n) is 4.75. The number of carbonyl (C=O) groups is 1. The van der Waals surface area contributed by atoms with E-state index in [-0.39, 0.29) is 18.2 Å². The Morgan fingerprint density at radius 3 is 2.38 bits per heavy atom. The van der Waals surface area contributed by atoms with E-state index >= 15 is 0 Å². The molecule has 0 heterocycles. The first-order valence-corrected chi connectivity index (χ1v) is 12.3. The van der Waals surface area contributed by atoms with Crippen LogP contribution in [0.3, 0.4) is 0 Å². The summed E-state index contributed by atoms with van der Waals surface area (Å²) < 4.78 is 5.99. The molecule has 0 spiro atoms. The lowest BCUT2D eigenvalue weighted by atomic mass is 9.88. The molecule has 3 N–H and O–H groups in total. The molecule has 0 amide bonds. The lowest BCUT2D eigenvalue weighted by molar-refractivity contribution is -0.139. The van der Waals surface area contributed by atoms with Crippen molar-refractivity contribution < 1.29 is 19.7 Å². The van der Waals surface area contributed by atoms with E-state index in [0.29, 0.717) is 12.5 Å². The first-order chi connectivity index (χ1) is 16.1. The van der Waals surface area contributed by atoms with Gasteiger partial charge in [0.05, 0.1) is 24.7 Å². The zero-order valence-corrected chi connectivity index (χ0v) is 20.8. The van der Waals surface area contributed by atoms with Gasteiger partial charge in [0.25, 0.3) is 0 Å². The molecule has 3 atom stereocenters. The van der Waals surface area contributed by atoms with Gasteiger partial charge in [-0.2, -0.15) is 0 Å². The highest BCUT2D eigenvalue weighted by molar-refractivity contribution is 5.73. The quantitative estimate of drug-likeness (QED) is 0.410. The first kappa shape index (κ1) is 26.1. The number of carboxylic acid groups (broad SMARTS) is 1. The van der Waals surface area contributed by atoms with Gasteiger partial charge in [0, 0.05) is 12.1 Å². The van der Waals surface area contributed by atoms with E-state index < -0.39 is 18.0 Å². The number of aliphatic hydroxyl groups is 1. The van der Waals surface area contributed by atoms with Crippen LogP contribution in [0.4, 0.5) is 0 Å². The summed E-state index contributed by atoms with van der Waals surface area (Å²) in [5.74, 6) is -0.783. The van der Waals surface area contributed by atoms with E-state index in [1.807, 2.05) is 37.3 Å². The molecule has 0 bridgehead atoms. The van der Waals surface area contributed by atoms with Crippen LogP contribution in [0.15, 0.2) is 54.6 Å². The van der Waals surface area contributed by atoms with Crippen LogP contribution in [0, 0.1) is 11.8 Å². The second-order valence-corrected chi connectivity index (χ2v) is 10.3. The van der Waals surface area contributed by atoms with E-state index in [1.54, 1.807) is 13.0 Å². The molecule has 1 aliphatic rings. The first-order valence-electron chi connectivity index (χ1n) is 12.3. The molecule has 0 fully saturated rings. The van der Waals surface area contributed by atoms with Crippen LogP contribution < -0.4 is 5.32 Å². The van der Waals surface area contributed by atoms with E-state index in [0.717, 1.165) is 30.4 Å². The van der Waals surface area contributed by atoms with Gasteiger partial charge in [-0.25, -0.2) is 0 Å². The highest BCUT2D eigenvalue weighted by atomic mass is 16.5. The van der Waals surface area contributed by atoms with Gasteiger partial charge in [0.1, 0.15) is 0 Å². The van der Waals surface area contributed by atoms with Gasteiger partial charge in [-0.15, -0.1) is 0 Å². The van der Waals surface area contributed by atoms with Crippen molar-refractivity contribution >= 4 is 12.0 Å². The Morgan fingerprint density at radius 2 is 1.74 bits per heavy atom. The molecular formula is C29H39NO4. The topological polar surface area (TPSA) is 78.8 Å². The molecule has 2 aromatic carbocycles. The van der Waals surface area contributed by atoms with Crippen LogP contribution in [0.2, 0.25) is 0 Å². The van der Waals surface area contributed by atoms with Crippen LogP contribution in [-0.4, -0.2) is 41.0 Å². The fraction of sp³-hybridized carbons (Fsp3) is 0.483. The molecule has 1 unspecified atom stereocenters. The van der Waals surface area contributed by atoms with Gasteiger partial charge in [0.15, 0.2) is 0 Å². The van der Waals surface area contributed by atoms with Crippen LogP contribution in [0.25, 0.3) is 6.08 Å². The molecule has 0 radical (unpaired) electrons. The van der Waals surface area contributed by atoms with Crippen molar-refractivity contribution in [3.63, 3.8) is 0 Å². The number of nitrogens with one attached hydrogen (secondary N) is 1. The zero-order valence-electron chi connectivity index (χ0n) is 20.8. The SMILES string of the molecule is CC(C=Cc1ccccc1[C@@H](C)OC[C@H](O)CNC(C)(C)CC1Cc2ccccc2C1)C(=O)O. The molecular weight excluding hydrogens is 426 g/mol. The van der Waals surface area contributed by atoms with Crippen molar-refractivity contribution in [1.82, 2.24) is 5.32 Å². The smallest absolute Gasteiger partial charge is 0.310 e. The Hall–Kier alpha value is -2.47. The number of hydrogen-bond acceptors (Lipinski definition) is 4. The number of β-amino-alcohol motifs (C(OH)–C–C–N with tert-alkyl or cyclic N) is 1. The molecule has 0 saturated heterocycles. The van der Waals surface area contributed by atoms with Crippen LogP contribution in [0.5, 0.6) is 0 Å². The monoisotopic (exact) mass is 465 g/mol. The third kappa shape index (κ3) is 7.52. The van der Waals surface area contributed by atoms with Gasteiger partial charge in [-0.1, -0.05) is 60.7 Å². The number of benzene rings is 2. The summed E-state index contributed by atoms with van der Waals surface area (Å²) in [4.78, 5) is 11.1. The maximum Gasteiger partial charge on any atom is 0.310 e. The summed E-state index contributed by atoms with van der Waals surface area (Å²) >= 11 is 0. The van der Waals surface area contributed by atoms with Crippen molar-refractivity contribution in [1.29, 1.82) is 0 Å². The third-order valence-electron chi connectivity index (χ3n) is 6.68. The second kappa shape index (κ2) is 11.8. The molecule has 34 heavy (non-hydrogen) atoms. The molecule has 5 heteroatoms. The molecule has 1 aliphatic carbocycles. The van der Waals surface area contributed by atoms with Gasteiger partial charge in [-0.05, 0) is 75.1 Å². The lowest BCUT2D eigenvalue weighted by Crippen LogP contribution is -2.45. The Kier molecular flexibility index (Phi) is 9.06. The molecule has 0 aliphatic heterocycles. The number of aliphatic hydroxyl groups excluding tert-OH is 1. The largest absolute Gasteiger partial charge is 0.481 e. The Morgan fingerprint density at radius 1 is 1.12 bits per heavy atom. The highest BCUT2D eigenvalue weighted by Crippen LogP contribution is 2.32. The van der Waals surface area contributed by atoms with Gasteiger partial charge in [0.2, 0.25) is 0 Å². The van der Waals surface area contributed by atoms with Gasteiger partial charge < -0.3 is 20.3 Å². The van der Waals surface area contributed by atoms with Crippen molar-refractivity contribution in [3.8, 4) is 0 Å². The van der Waals surface area contributed by atoms with Crippen molar-refractivity contribution in [2.24, 2.45) is 11.8 Å². The summed E-state index contributed by atoms with van der Waals surface area (Å²) in [5.41, 5.74) is 4.76. The third-order valence-corrected chi connectivity index (χ3v) is 6.68. The summed E-state index contributed by atoms with van der Waals surface area (Å²) in [7, 11) is 0. The van der Waals surface area contributed by atoms with Crippen molar-refractivity contribution in [2.75, 3.05) is 13.2 Å². The van der Waals surface area contributed by atoms with Crippen LogP contribution in [0.1, 0.15) is 62.5 Å². The van der Waals surface area contributed by atoms with E-state index in [1.165, 1.54) is 11.1 Å². The van der Waals surface area contributed by atoms with E-state index in [2.05, 4.69) is 43.4 Å². The minimum absolute atomic E-state index is 0.0719. The zero-order chi connectivity index (χ0) is 24.7. The molecule has 0 aromatic heterocycles. The standard InChI is InChI=1S/C29H39NO4/c1-20(28(32)33)13-14-23-9-7-8-12-27(23)21(2)34-19-26(31)18-30-29(3,4)17-22-15-24-10-5-6-11-25(24)16-22/h5-14,20-22,26,30-31H,15-19H2,1-4H3,(H,32,33)/t20?,21-,26-/m1/s1. The minimum atomic E-state index is -0.853. The summed E-state index contributed by atoms with van der Waals surface area (Å²) in [6.07, 6.45) is 5.98.